The zero-order valence-electron chi connectivity index (χ0n) is 9.56. The van der Waals surface area contributed by atoms with E-state index in [1.54, 1.807) is 13.3 Å². The van der Waals surface area contributed by atoms with Gasteiger partial charge in [-0.1, -0.05) is 0 Å². The van der Waals surface area contributed by atoms with Crippen LogP contribution in [0.3, 0.4) is 0 Å². The average molecular weight is 221 g/mol. The number of anilines is 1. The Kier molecular flexibility index (Phi) is 2.80. The summed E-state index contributed by atoms with van der Waals surface area (Å²) in [6.07, 6.45) is 1.62. The summed E-state index contributed by atoms with van der Waals surface area (Å²) in [4.78, 5) is 10.3. The second-order valence-electron chi connectivity index (χ2n) is 3.48. The minimum Gasteiger partial charge on any atom is -0.448 e. The topological polar surface area (TPSA) is 65.2 Å². The number of nitrogens with zero attached hydrogens (tertiary/aromatic N) is 3. The molecule has 1 aromatic rings. The molecule has 0 radical (unpaired) electrons. The molecule has 2 heterocycles. The van der Waals surface area contributed by atoms with E-state index in [0.29, 0.717) is 11.9 Å². The summed E-state index contributed by atoms with van der Waals surface area (Å²) in [5.74, 6) is 2.15. The minimum absolute atomic E-state index is 0.00707. The molecule has 0 saturated carbocycles. The van der Waals surface area contributed by atoms with Gasteiger partial charge in [0, 0.05) is 20.2 Å². The lowest BCUT2D eigenvalue weighted by Crippen LogP contribution is -2.54. The number of furan rings is 1. The summed E-state index contributed by atoms with van der Waals surface area (Å²) in [6, 6.07) is 3.71. The van der Waals surface area contributed by atoms with Crippen molar-refractivity contribution in [3.05, 3.63) is 18.4 Å². The van der Waals surface area contributed by atoms with Crippen LogP contribution in [0.5, 0.6) is 0 Å². The molecule has 1 aliphatic rings. The molecule has 1 unspecified atom stereocenters. The van der Waals surface area contributed by atoms with Crippen LogP contribution in [-0.4, -0.2) is 32.2 Å². The molecule has 0 fully saturated rings. The van der Waals surface area contributed by atoms with Gasteiger partial charge in [-0.3, -0.25) is 15.2 Å². The van der Waals surface area contributed by atoms with E-state index in [1.165, 1.54) is 0 Å². The van der Waals surface area contributed by atoms with Gasteiger partial charge in [-0.25, -0.2) is 4.99 Å². The summed E-state index contributed by atoms with van der Waals surface area (Å²) < 4.78 is 5.30. The summed E-state index contributed by atoms with van der Waals surface area (Å²) in [5.41, 5.74) is 0. The van der Waals surface area contributed by atoms with Crippen molar-refractivity contribution in [3.63, 3.8) is 0 Å². The Bertz CT molecular complexity index is 409. The number of aliphatic imine (C=N–C) groups is 2. The third-order valence-electron chi connectivity index (χ3n) is 2.27. The van der Waals surface area contributed by atoms with E-state index < -0.39 is 0 Å². The molecule has 1 atom stereocenters. The van der Waals surface area contributed by atoms with Gasteiger partial charge in [0.2, 0.25) is 11.8 Å². The molecule has 0 saturated heterocycles. The Hall–Kier alpha value is -1.98. The normalized spacial score (nSPS) is 22.3. The lowest BCUT2D eigenvalue weighted by atomic mass is 10.5. The van der Waals surface area contributed by atoms with E-state index >= 15 is 0 Å². The number of hydrogen-bond donors (Lipinski definition) is 2. The van der Waals surface area contributed by atoms with Crippen LogP contribution in [0.25, 0.3) is 0 Å². The van der Waals surface area contributed by atoms with Crippen LogP contribution in [0.15, 0.2) is 32.8 Å². The maximum absolute atomic E-state index is 5.30. The van der Waals surface area contributed by atoms with E-state index in [1.807, 2.05) is 31.0 Å². The lowest BCUT2D eigenvalue weighted by Gasteiger charge is -2.27. The molecular weight excluding hydrogens is 206 g/mol. The predicted molar refractivity (Wildman–Crippen MR) is 63.6 cm³/mol. The smallest absolute Gasteiger partial charge is 0.209 e. The van der Waals surface area contributed by atoms with Crippen molar-refractivity contribution in [2.45, 2.75) is 13.1 Å². The predicted octanol–water partition coefficient (Wildman–Crippen LogP) is 0.596. The molecule has 86 valence electrons. The highest BCUT2D eigenvalue weighted by atomic mass is 16.3. The van der Waals surface area contributed by atoms with Crippen molar-refractivity contribution in [1.29, 1.82) is 0 Å². The Morgan fingerprint density at radius 1 is 1.56 bits per heavy atom. The maximum atomic E-state index is 5.30. The zero-order valence-corrected chi connectivity index (χ0v) is 9.56. The first-order chi connectivity index (χ1) is 7.70. The van der Waals surface area contributed by atoms with Crippen molar-refractivity contribution in [2.75, 3.05) is 19.0 Å². The van der Waals surface area contributed by atoms with Crippen molar-refractivity contribution in [3.8, 4) is 0 Å². The number of guanidine groups is 2. The summed E-state index contributed by atoms with van der Waals surface area (Å²) in [5, 5.41) is 6.17. The van der Waals surface area contributed by atoms with Crippen LogP contribution < -0.4 is 15.5 Å². The Morgan fingerprint density at radius 2 is 2.38 bits per heavy atom. The summed E-state index contributed by atoms with van der Waals surface area (Å²) in [6.45, 7) is 1.96. The number of hydrogen-bond acceptors (Lipinski definition) is 4. The average Bonchev–Trinajstić information content (AvgIpc) is 2.80. The fourth-order valence-electron chi connectivity index (χ4n) is 1.44. The Balaban J connectivity index is 2.21. The van der Waals surface area contributed by atoms with Crippen molar-refractivity contribution < 1.29 is 4.42 Å². The fraction of sp³-hybridized carbons (Fsp3) is 0.400. The first kappa shape index (κ1) is 10.5. The van der Waals surface area contributed by atoms with Crippen LogP contribution in [0.1, 0.15) is 6.92 Å². The minimum atomic E-state index is -0.00707. The number of nitrogens with one attached hydrogen (secondary N) is 2. The molecule has 6 nitrogen and oxygen atoms in total. The maximum Gasteiger partial charge on any atom is 0.209 e. The highest BCUT2D eigenvalue weighted by Gasteiger charge is 2.19. The van der Waals surface area contributed by atoms with Crippen molar-refractivity contribution in [2.24, 2.45) is 9.98 Å². The molecule has 2 N–H and O–H groups in total. The largest absolute Gasteiger partial charge is 0.448 e. The first-order valence-electron chi connectivity index (χ1n) is 5.06. The van der Waals surface area contributed by atoms with Crippen LogP contribution in [0.4, 0.5) is 5.88 Å². The quantitative estimate of drug-likeness (QED) is 0.728. The highest BCUT2D eigenvalue weighted by Crippen LogP contribution is 2.13. The molecule has 0 spiro atoms. The van der Waals surface area contributed by atoms with E-state index in [-0.39, 0.29) is 6.17 Å². The van der Waals surface area contributed by atoms with Crippen LogP contribution in [0, 0.1) is 0 Å². The Morgan fingerprint density at radius 3 is 3.00 bits per heavy atom. The van der Waals surface area contributed by atoms with Gasteiger partial charge in [0.1, 0.15) is 6.17 Å². The molecule has 6 heteroatoms. The molecule has 0 bridgehead atoms. The van der Waals surface area contributed by atoms with Gasteiger partial charge in [0.15, 0.2) is 5.96 Å². The molecular formula is C10H15N5O. The lowest BCUT2D eigenvalue weighted by molar-refractivity contribution is 0.568. The summed E-state index contributed by atoms with van der Waals surface area (Å²) >= 11 is 0. The van der Waals surface area contributed by atoms with E-state index in [4.69, 9.17) is 4.42 Å². The van der Waals surface area contributed by atoms with Gasteiger partial charge in [-0.2, -0.15) is 0 Å². The number of rotatable bonds is 1. The van der Waals surface area contributed by atoms with Crippen LogP contribution in [-0.2, 0) is 0 Å². The molecule has 0 aromatic carbocycles. The summed E-state index contributed by atoms with van der Waals surface area (Å²) in [7, 11) is 3.61. The molecule has 1 aliphatic heterocycles. The van der Waals surface area contributed by atoms with Gasteiger partial charge in [-0.05, 0) is 13.0 Å². The molecule has 16 heavy (non-hydrogen) atoms. The van der Waals surface area contributed by atoms with Gasteiger partial charge in [-0.15, -0.1) is 0 Å². The molecule has 2 rings (SSSR count). The molecule has 1 aromatic heterocycles. The van der Waals surface area contributed by atoms with Gasteiger partial charge in [0.05, 0.1) is 6.26 Å². The van der Waals surface area contributed by atoms with Gasteiger partial charge < -0.3 is 9.73 Å². The van der Waals surface area contributed by atoms with Crippen LogP contribution in [0.2, 0.25) is 0 Å². The third kappa shape index (κ3) is 2.00. The fourth-order valence-corrected chi connectivity index (χ4v) is 1.44. The van der Waals surface area contributed by atoms with Crippen molar-refractivity contribution >= 4 is 17.8 Å². The third-order valence-corrected chi connectivity index (χ3v) is 2.27. The monoisotopic (exact) mass is 221 g/mol. The van der Waals surface area contributed by atoms with Crippen molar-refractivity contribution in [1.82, 2.24) is 10.6 Å². The first-order valence-corrected chi connectivity index (χ1v) is 5.06. The van der Waals surface area contributed by atoms with E-state index in [0.717, 1.165) is 5.88 Å². The Labute approximate surface area is 94.1 Å². The molecule has 0 aliphatic carbocycles. The van der Waals surface area contributed by atoms with E-state index in [9.17, 15) is 0 Å². The zero-order chi connectivity index (χ0) is 11.5. The van der Waals surface area contributed by atoms with Crippen LogP contribution >= 0.6 is 0 Å². The SMILES string of the molecule is CN=C1NC(N(C)c2ccco2)=NC(C)N1. The second-order valence-corrected chi connectivity index (χ2v) is 3.48. The van der Waals surface area contributed by atoms with Gasteiger partial charge in [0.25, 0.3) is 0 Å². The highest BCUT2D eigenvalue weighted by molar-refractivity contribution is 6.07. The van der Waals surface area contributed by atoms with E-state index in [2.05, 4.69) is 20.6 Å². The second kappa shape index (κ2) is 4.26. The molecule has 0 amide bonds. The van der Waals surface area contributed by atoms with Gasteiger partial charge >= 0.3 is 0 Å². The standard InChI is InChI=1S/C10H15N5O/c1-7-12-9(11-2)14-10(13-7)15(3)8-5-4-6-16-8/h4-7H,1-3H3,(H2,11,12,13,14).